The molecule has 0 unspecified atom stereocenters. The molecule has 0 aromatic heterocycles. The van der Waals surface area contributed by atoms with Gasteiger partial charge >= 0.3 is 0 Å². The smallest absolute Gasteiger partial charge is 0.170 e. The van der Waals surface area contributed by atoms with E-state index >= 15 is 0 Å². The van der Waals surface area contributed by atoms with Crippen LogP contribution in [0.4, 0.5) is 18.9 Å². The zero-order valence-corrected chi connectivity index (χ0v) is 10.8. The molecule has 0 atom stereocenters. The summed E-state index contributed by atoms with van der Waals surface area (Å²) in [4.78, 5) is 0. The maximum Gasteiger partial charge on any atom is 0.170 e. The molecule has 2 aromatic carbocycles. The molecule has 0 heterocycles. The van der Waals surface area contributed by atoms with Gasteiger partial charge in [0.15, 0.2) is 5.84 Å². The van der Waals surface area contributed by atoms with E-state index in [1.54, 1.807) is 0 Å². The van der Waals surface area contributed by atoms with Crippen molar-refractivity contribution in [2.75, 3.05) is 5.32 Å². The first kappa shape index (κ1) is 14.7. The van der Waals surface area contributed by atoms with Gasteiger partial charge in [0.2, 0.25) is 0 Å². The van der Waals surface area contributed by atoms with Crippen molar-refractivity contribution in [3.63, 3.8) is 0 Å². The fourth-order valence-corrected chi connectivity index (χ4v) is 1.82. The minimum absolute atomic E-state index is 0.0372. The number of rotatable bonds is 4. The monoisotopic (exact) mass is 295 g/mol. The normalized spacial score (nSPS) is 11.5. The van der Waals surface area contributed by atoms with Crippen molar-refractivity contribution in [1.82, 2.24) is 0 Å². The molecule has 0 saturated carbocycles. The Morgan fingerprint density at radius 2 is 1.76 bits per heavy atom. The Morgan fingerprint density at radius 1 is 1.10 bits per heavy atom. The van der Waals surface area contributed by atoms with Crippen molar-refractivity contribution < 1.29 is 18.4 Å². The van der Waals surface area contributed by atoms with Crippen LogP contribution in [0.2, 0.25) is 0 Å². The molecule has 0 amide bonds. The number of nitrogens with zero attached hydrogens (tertiary/aromatic N) is 1. The van der Waals surface area contributed by atoms with E-state index in [1.807, 2.05) is 0 Å². The number of benzene rings is 2. The summed E-state index contributed by atoms with van der Waals surface area (Å²) in [7, 11) is 0. The second-order valence-electron chi connectivity index (χ2n) is 4.26. The van der Waals surface area contributed by atoms with Gasteiger partial charge < -0.3 is 16.3 Å². The van der Waals surface area contributed by atoms with Crippen molar-refractivity contribution in [3.8, 4) is 0 Å². The number of nitrogens with two attached hydrogens (primary N) is 1. The predicted octanol–water partition coefficient (Wildman–Crippen LogP) is 2.81. The zero-order valence-electron chi connectivity index (χ0n) is 10.8. The molecule has 0 aliphatic carbocycles. The van der Waals surface area contributed by atoms with E-state index in [0.717, 1.165) is 24.3 Å². The first-order valence-electron chi connectivity index (χ1n) is 5.96. The van der Waals surface area contributed by atoms with Crippen molar-refractivity contribution in [2.45, 2.75) is 6.54 Å². The van der Waals surface area contributed by atoms with Gasteiger partial charge in [-0.3, -0.25) is 0 Å². The Kier molecular flexibility index (Phi) is 4.32. The van der Waals surface area contributed by atoms with E-state index in [2.05, 4.69) is 10.5 Å². The van der Waals surface area contributed by atoms with Gasteiger partial charge in [-0.25, -0.2) is 13.2 Å². The number of anilines is 1. The Balaban J connectivity index is 2.26. The van der Waals surface area contributed by atoms with Gasteiger partial charge in [0, 0.05) is 12.1 Å². The van der Waals surface area contributed by atoms with Crippen LogP contribution in [0.25, 0.3) is 0 Å². The zero-order chi connectivity index (χ0) is 15.4. The van der Waals surface area contributed by atoms with E-state index in [-0.39, 0.29) is 23.6 Å². The van der Waals surface area contributed by atoms with Gasteiger partial charge in [-0.2, -0.15) is 0 Å². The molecule has 0 radical (unpaired) electrons. The van der Waals surface area contributed by atoms with Crippen LogP contribution >= 0.6 is 0 Å². The minimum atomic E-state index is -0.621. The highest BCUT2D eigenvalue weighted by atomic mass is 19.1. The second kappa shape index (κ2) is 6.17. The fourth-order valence-electron chi connectivity index (χ4n) is 1.82. The predicted molar refractivity (Wildman–Crippen MR) is 72.6 cm³/mol. The van der Waals surface area contributed by atoms with Gasteiger partial charge in [-0.05, 0) is 35.9 Å². The van der Waals surface area contributed by atoms with Crippen LogP contribution in [0.5, 0.6) is 0 Å². The number of nitrogens with one attached hydrogen (secondary N) is 1. The Hall–Kier alpha value is -2.70. The number of oxime groups is 1. The molecule has 0 saturated heterocycles. The molecule has 0 bridgehead atoms. The Labute approximate surface area is 118 Å². The summed E-state index contributed by atoms with van der Waals surface area (Å²) in [6.45, 7) is 0.0478. The van der Waals surface area contributed by atoms with E-state index in [0.29, 0.717) is 5.56 Å². The van der Waals surface area contributed by atoms with Crippen LogP contribution in [0, 0.1) is 17.5 Å². The highest BCUT2D eigenvalue weighted by Gasteiger charge is 2.10. The SMILES string of the molecule is NC(=NO)c1cc(F)ccc1CNc1cc(F)ccc1F. The lowest BCUT2D eigenvalue weighted by atomic mass is 10.1. The number of halogens is 3. The van der Waals surface area contributed by atoms with E-state index in [1.165, 1.54) is 12.1 Å². The summed E-state index contributed by atoms with van der Waals surface area (Å²) < 4.78 is 39.7. The Morgan fingerprint density at radius 3 is 2.48 bits per heavy atom. The van der Waals surface area contributed by atoms with Crippen LogP contribution in [-0.4, -0.2) is 11.0 Å². The second-order valence-corrected chi connectivity index (χ2v) is 4.26. The van der Waals surface area contributed by atoms with Crippen LogP contribution in [0.3, 0.4) is 0 Å². The molecular formula is C14H12F3N3O. The van der Waals surface area contributed by atoms with Gasteiger partial charge in [0.25, 0.3) is 0 Å². The van der Waals surface area contributed by atoms with E-state index in [9.17, 15) is 13.2 Å². The van der Waals surface area contributed by atoms with Gasteiger partial charge in [0.05, 0.1) is 5.69 Å². The fraction of sp³-hybridized carbons (Fsp3) is 0.0714. The van der Waals surface area contributed by atoms with Gasteiger partial charge in [-0.15, -0.1) is 0 Å². The lowest BCUT2D eigenvalue weighted by molar-refractivity contribution is 0.318. The molecule has 0 fully saturated rings. The summed E-state index contributed by atoms with van der Waals surface area (Å²) in [5, 5.41) is 14.2. The average Bonchev–Trinajstić information content (AvgIpc) is 2.48. The van der Waals surface area contributed by atoms with Gasteiger partial charge in [0.1, 0.15) is 17.5 Å². The number of amidine groups is 1. The molecule has 7 heteroatoms. The maximum atomic E-state index is 13.5. The summed E-state index contributed by atoms with van der Waals surface area (Å²) in [6, 6.07) is 6.68. The standard InChI is InChI=1S/C14H12F3N3O/c15-9-2-1-8(11(5-9)14(18)20-21)7-19-13-6-10(16)3-4-12(13)17/h1-6,19,21H,7H2,(H2,18,20). The van der Waals surface area contributed by atoms with Crippen LogP contribution < -0.4 is 11.1 Å². The van der Waals surface area contributed by atoms with Crippen LogP contribution in [0.1, 0.15) is 11.1 Å². The summed E-state index contributed by atoms with van der Waals surface area (Å²) in [6.07, 6.45) is 0. The lowest BCUT2D eigenvalue weighted by Crippen LogP contribution is -2.17. The third-order valence-corrected chi connectivity index (χ3v) is 2.85. The van der Waals surface area contributed by atoms with Crippen LogP contribution in [0.15, 0.2) is 41.6 Å². The molecule has 110 valence electrons. The third-order valence-electron chi connectivity index (χ3n) is 2.85. The molecule has 0 aliphatic heterocycles. The average molecular weight is 295 g/mol. The first-order chi connectivity index (χ1) is 10.0. The molecule has 4 N–H and O–H groups in total. The number of hydrogen-bond acceptors (Lipinski definition) is 3. The maximum absolute atomic E-state index is 13.5. The van der Waals surface area contributed by atoms with E-state index in [4.69, 9.17) is 10.9 Å². The van der Waals surface area contributed by atoms with Crippen molar-refractivity contribution in [3.05, 3.63) is 65.0 Å². The summed E-state index contributed by atoms with van der Waals surface area (Å²) in [5.74, 6) is -2.04. The molecular weight excluding hydrogens is 283 g/mol. The highest BCUT2D eigenvalue weighted by molar-refractivity contribution is 5.98. The molecule has 0 aliphatic rings. The topological polar surface area (TPSA) is 70.6 Å². The first-order valence-corrected chi connectivity index (χ1v) is 5.96. The van der Waals surface area contributed by atoms with Crippen LogP contribution in [-0.2, 0) is 6.54 Å². The molecule has 21 heavy (non-hydrogen) atoms. The molecule has 2 rings (SSSR count). The molecule has 4 nitrogen and oxygen atoms in total. The Bertz CT molecular complexity index is 689. The van der Waals surface area contributed by atoms with Crippen molar-refractivity contribution >= 4 is 11.5 Å². The third kappa shape index (κ3) is 3.44. The van der Waals surface area contributed by atoms with Crippen molar-refractivity contribution in [2.24, 2.45) is 10.9 Å². The summed E-state index contributed by atoms with van der Waals surface area (Å²) >= 11 is 0. The van der Waals surface area contributed by atoms with Gasteiger partial charge in [-0.1, -0.05) is 11.2 Å². The minimum Gasteiger partial charge on any atom is -0.409 e. The largest absolute Gasteiger partial charge is 0.409 e. The highest BCUT2D eigenvalue weighted by Crippen LogP contribution is 2.18. The number of hydrogen-bond donors (Lipinski definition) is 3. The summed E-state index contributed by atoms with van der Waals surface area (Å²) in [5.41, 5.74) is 6.06. The lowest BCUT2D eigenvalue weighted by Gasteiger charge is -2.11. The quantitative estimate of drug-likeness (QED) is 0.351. The van der Waals surface area contributed by atoms with E-state index < -0.39 is 17.5 Å². The molecule has 2 aromatic rings. The molecule has 0 spiro atoms. The van der Waals surface area contributed by atoms with Crippen molar-refractivity contribution in [1.29, 1.82) is 0 Å².